The molecule has 0 unspecified atom stereocenters. The van der Waals surface area contributed by atoms with Crippen molar-refractivity contribution < 1.29 is 24.2 Å². The number of benzene rings is 2. The summed E-state index contributed by atoms with van der Waals surface area (Å²) in [6, 6.07) is 11.6. The van der Waals surface area contributed by atoms with Gasteiger partial charge in [-0.05, 0) is 48.6 Å². The summed E-state index contributed by atoms with van der Waals surface area (Å²) < 4.78 is 5.78. The first-order chi connectivity index (χ1) is 15.8. The van der Waals surface area contributed by atoms with E-state index >= 15 is 0 Å². The third-order valence-corrected chi connectivity index (χ3v) is 5.35. The molecular formula is C25H31N3O5. The molecule has 0 saturated heterocycles. The van der Waals surface area contributed by atoms with Gasteiger partial charge in [0.2, 0.25) is 11.8 Å². The van der Waals surface area contributed by atoms with E-state index in [4.69, 9.17) is 4.74 Å². The summed E-state index contributed by atoms with van der Waals surface area (Å²) >= 11 is 0. The lowest BCUT2D eigenvalue weighted by Gasteiger charge is -2.25. The first-order valence-electron chi connectivity index (χ1n) is 11.2. The van der Waals surface area contributed by atoms with Crippen molar-refractivity contribution in [2.75, 3.05) is 13.2 Å². The Hall–Kier alpha value is -3.55. The van der Waals surface area contributed by atoms with Crippen LogP contribution in [-0.4, -0.2) is 48.1 Å². The largest absolute Gasteiger partial charge is 0.508 e. The van der Waals surface area contributed by atoms with E-state index in [1.807, 2.05) is 13.8 Å². The Bertz CT molecular complexity index is 974. The summed E-state index contributed by atoms with van der Waals surface area (Å²) in [5.74, 6) is -0.443. The molecule has 0 aromatic heterocycles. The second-order valence-corrected chi connectivity index (χ2v) is 8.58. The standard InChI is InChI=1S/C25H31N3O5/c1-16(2)14-20-24(31)26-12-5-13-33-22-7-4-3-6-19(22)23(30)27-21(25(32)28-20)15-17-8-10-18(29)11-9-17/h3-4,6-11,16,20-21,29H,5,12-15H2,1-2H3,(H,26,31)(H,27,30)(H,28,32)/t20-,21-/m0/s1. The molecule has 0 spiro atoms. The van der Waals surface area contributed by atoms with Crippen molar-refractivity contribution in [2.45, 2.75) is 45.2 Å². The van der Waals surface area contributed by atoms with Crippen LogP contribution in [0.15, 0.2) is 48.5 Å². The first-order valence-corrected chi connectivity index (χ1v) is 11.2. The van der Waals surface area contributed by atoms with Gasteiger partial charge in [-0.3, -0.25) is 14.4 Å². The third kappa shape index (κ3) is 6.97. The summed E-state index contributed by atoms with van der Waals surface area (Å²) in [6.07, 6.45) is 1.22. The predicted octanol–water partition coefficient (Wildman–Crippen LogP) is 2.16. The summed E-state index contributed by atoms with van der Waals surface area (Å²) in [7, 11) is 0. The van der Waals surface area contributed by atoms with E-state index < -0.39 is 23.9 Å². The minimum atomic E-state index is -0.930. The number of carbonyl (C=O) groups is 3. The number of rotatable bonds is 4. The van der Waals surface area contributed by atoms with Gasteiger partial charge in [0.05, 0.1) is 12.2 Å². The molecule has 8 nitrogen and oxygen atoms in total. The van der Waals surface area contributed by atoms with E-state index in [2.05, 4.69) is 16.0 Å². The van der Waals surface area contributed by atoms with Crippen LogP contribution in [0.4, 0.5) is 0 Å². The first kappa shape index (κ1) is 24.1. The highest BCUT2D eigenvalue weighted by atomic mass is 16.5. The molecule has 2 aromatic rings. The Labute approximate surface area is 193 Å². The van der Waals surface area contributed by atoms with Crippen molar-refractivity contribution >= 4 is 17.7 Å². The topological polar surface area (TPSA) is 117 Å². The molecule has 0 fully saturated rings. The Morgan fingerprint density at radius 2 is 1.70 bits per heavy atom. The highest BCUT2D eigenvalue weighted by molar-refractivity contribution is 6.00. The van der Waals surface area contributed by atoms with Gasteiger partial charge in [-0.2, -0.15) is 0 Å². The lowest BCUT2D eigenvalue weighted by molar-refractivity contribution is -0.130. The molecule has 3 amide bonds. The molecule has 1 heterocycles. The van der Waals surface area contributed by atoms with Gasteiger partial charge in [0.1, 0.15) is 23.6 Å². The van der Waals surface area contributed by atoms with Crippen LogP contribution in [0.1, 0.15) is 42.6 Å². The number of phenolic OH excluding ortho intramolecular Hbond substituents is 1. The van der Waals surface area contributed by atoms with E-state index in [0.29, 0.717) is 37.3 Å². The lowest BCUT2D eigenvalue weighted by atomic mass is 10.0. The molecule has 1 aliphatic heterocycles. The van der Waals surface area contributed by atoms with Crippen molar-refractivity contribution in [3.8, 4) is 11.5 Å². The molecular weight excluding hydrogens is 422 g/mol. The molecule has 1 aliphatic rings. The van der Waals surface area contributed by atoms with E-state index in [1.165, 1.54) is 12.1 Å². The number of para-hydroxylation sites is 1. The van der Waals surface area contributed by atoms with Gasteiger partial charge in [-0.1, -0.05) is 38.1 Å². The fourth-order valence-corrected chi connectivity index (χ4v) is 3.66. The zero-order valence-electron chi connectivity index (χ0n) is 19.0. The Morgan fingerprint density at radius 3 is 2.42 bits per heavy atom. The summed E-state index contributed by atoms with van der Waals surface area (Å²) in [4.78, 5) is 39.1. The maximum Gasteiger partial charge on any atom is 0.255 e. The SMILES string of the molecule is CC(C)C[C@@H]1NC(=O)[C@H](Cc2ccc(O)cc2)NC(=O)c2ccccc2OCCCNC1=O. The van der Waals surface area contributed by atoms with Crippen molar-refractivity contribution in [2.24, 2.45) is 5.92 Å². The van der Waals surface area contributed by atoms with E-state index in [9.17, 15) is 19.5 Å². The van der Waals surface area contributed by atoms with E-state index in [1.54, 1.807) is 36.4 Å². The van der Waals surface area contributed by atoms with Gasteiger partial charge in [0, 0.05) is 13.0 Å². The Balaban J connectivity index is 1.91. The minimum absolute atomic E-state index is 0.109. The number of phenols is 1. The molecule has 0 aliphatic carbocycles. The van der Waals surface area contributed by atoms with Crippen LogP contribution in [0, 0.1) is 5.92 Å². The number of nitrogens with one attached hydrogen (secondary N) is 3. The van der Waals surface area contributed by atoms with Crippen molar-refractivity contribution in [3.63, 3.8) is 0 Å². The average molecular weight is 454 g/mol. The number of ether oxygens (including phenoxy) is 1. The lowest BCUT2D eigenvalue weighted by Crippen LogP contribution is -2.55. The number of carbonyl (C=O) groups excluding carboxylic acids is 3. The molecule has 0 saturated carbocycles. The molecule has 2 aromatic carbocycles. The molecule has 176 valence electrons. The zero-order chi connectivity index (χ0) is 23.8. The monoisotopic (exact) mass is 453 g/mol. The highest BCUT2D eigenvalue weighted by Gasteiger charge is 2.28. The summed E-state index contributed by atoms with van der Waals surface area (Å²) in [5, 5.41) is 18.1. The molecule has 3 rings (SSSR count). The van der Waals surface area contributed by atoms with Gasteiger partial charge in [0.25, 0.3) is 5.91 Å². The molecule has 0 bridgehead atoms. The average Bonchev–Trinajstić information content (AvgIpc) is 2.78. The van der Waals surface area contributed by atoms with Gasteiger partial charge in [-0.15, -0.1) is 0 Å². The second kappa shape index (κ2) is 11.4. The van der Waals surface area contributed by atoms with Crippen molar-refractivity contribution in [3.05, 3.63) is 59.7 Å². The number of hydrogen-bond donors (Lipinski definition) is 4. The van der Waals surface area contributed by atoms with Crippen LogP contribution < -0.4 is 20.7 Å². The Morgan fingerprint density at radius 1 is 0.970 bits per heavy atom. The zero-order valence-corrected chi connectivity index (χ0v) is 19.0. The number of aromatic hydroxyl groups is 1. The van der Waals surface area contributed by atoms with Gasteiger partial charge >= 0.3 is 0 Å². The van der Waals surface area contributed by atoms with Crippen LogP contribution in [-0.2, 0) is 16.0 Å². The number of hydrogen-bond acceptors (Lipinski definition) is 5. The molecule has 0 radical (unpaired) electrons. The second-order valence-electron chi connectivity index (χ2n) is 8.58. The predicted molar refractivity (Wildman–Crippen MR) is 124 cm³/mol. The van der Waals surface area contributed by atoms with Gasteiger partial charge in [0.15, 0.2) is 0 Å². The molecule has 8 heteroatoms. The highest BCUT2D eigenvalue weighted by Crippen LogP contribution is 2.19. The summed E-state index contributed by atoms with van der Waals surface area (Å²) in [5.41, 5.74) is 1.09. The van der Waals surface area contributed by atoms with Crippen molar-refractivity contribution in [1.82, 2.24) is 16.0 Å². The smallest absolute Gasteiger partial charge is 0.255 e. The fourth-order valence-electron chi connectivity index (χ4n) is 3.66. The number of amides is 3. The Kier molecular flexibility index (Phi) is 8.29. The molecule has 33 heavy (non-hydrogen) atoms. The van der Waals surface area contributed by atoms with Crippen LogP contribution in [0.5, 0.6) is 11.5 Å². The number of fused-ring (bicyclic) bond motifs is 1. The van der Waals surface area contributed by atoms with Crippen LogP contribution >= 0.6 is 0 Å². The minimum Gasteiger partial charge on any atom is -0.508 e. The maximum absolute atomic E-state index is 13.3. The van der Waals surface area contributed by atoms with Crippen molar-refractivity contribution in [1.29, 1.82) is 0 Å². The quantitative estimate of drug-likeness (QED) is 0.566. The van der Waals surface area contributed by atoms with Gasteiger partial charge < -0.3 is 25.8 Å². The fraction of sp³-hybridized carbons (Fsp3) is 0.400. The summed E-state index contributed by atoms with van der Waals surface area (Å²) in [6.45, 7) is 4.69. The maximum atomic E-state index is 13.3. The normalized spacial score (nSPS) is 20.0. The van der Waals surface area contributed by atoms with E-state index in [-0.39, 0.29) is 24.0 Å². The van der Waals surface area contributed by atoms with Gasteiger partial charge in [-0.25, -0.2) is 0 Å². The molecule has 2 atom stereocenters. The van der Waals surface area contributed by atoms with E-state index in [0.717, 1.165) is 5.56 Å². The third-order valence-electron chi connectivity index (χ3n) is 5.35. The van der Waals surface area contributed by atoms with Crippen LogP contribution in [0.2, 0.25) is 0 Å². The van der Waals surface area contributed by atoms with Crippen LogP contribution in [0.3, 0.4) is 0 Å². The molecule has 4 N–H and O–H groups in total. The van der Waals surface area contributed by atoms with Crippen LogP contribution in [0.25, 0.3) is 0 Å².